The summed E-state index contributed by atoms with van der Waals surface area (Å²) in [6.07, 6.45) is 9.86. The fourth-order valence-corrected chi connectivity index (χ4v) is 13.9. The van der Waals surface area contributed by atoms with Gasteiger partial charge < -0.3 is 9.79 Å². The van der Waals surface area contributed by atoms with Crippen LogP contribution in [-0.4, -0.2) is 248 Å². The van der Waals surface area contributed by atoms with Crippen LogP contribution in [0.4, 0.5) is 0 Å². The second-order valence-corrected chi connectivity index (χ2v) is 54.9. The molecule has 0 saturated carbocycles. The summed E-state index contributed by atoms with van der Waals surface area (Å²) in [5, 5.41) is 25.8. The summed E-state index contributed by atoms with van der Waals surface area (Å²) in [5.41, 5.74) is 2.11. The molecule has 0 aromatic carbocycles. The van der Waals surface area contributed by atoms with Gasteiger partial charge >= 0.3 is 0 Å². The molecule has 2 rings (SSSR count). The van der Waals surface area contributed by atoms with Gasteiger partial charge in [0.15, 0.2) is 34.4 Å². The minimum absolute atomic E-state index is 0.0890. The predicted octanol–water partition coefficient (Wildman–Crippen LogP) is 9.65. The summed E-state index contributed by atoms with van der Waals surface area (Å²) in [7, 11) is -26.4. The maximum atomic E-state index is 11.0. The minimum Gasteiger partial charge on any atom is -0.344 e. The molecule has 0 fully saturated rings. The summed E-state index contributed by atoms with van der Waals surface area (Å²) in [6, 6.07) is 0. The van der Waals surface area contributed by atoms with Crippen molar-refractivity contribution in [3.05, 3.63) is 0 Å². The van der Waals surface area contributed by atoms with E-state index < -0.39 is 113 Å². The van der Waals surface area contributed by atoms with Gasteiger partial charge in [-0.05, 0) is 106 Å². The van der Waals surface area contributed by atoms with Gasteiger partial charge in [0.25, 0.3) is 0 Å². The van der Waals surface area contributed by atoms with Crippen LogP contribution < -0.4 is 29.5 Å². The van der Waals surface area contributed by atoms with E-state index in [-0.39, 0.29) is 117 Å². The average molecular weight is 2020 g/mol. The Labute approximate surface area is 768 Å². The van der Waals surface area contributed by atoms with Crippen LogP contribution in [0.5, 0.6) is 0 Å². The number of amides is 8. The first-order valence-electron chi connectivity index (χ1n) is 40.4. The summed E-state index contributed by atoms with van der Waals surface area (Å²) in [6.45, 7) is 60.8. The normalized spacial score (nSPS) is 13.4. The molecule has 4 atom stereocenters. The van der Waals surface area contributed by atoms with E-state index >= 15 is 0 Å². The second kappa shape index (κ2) is 76.9. The number of hydrogen-bond acceptors (Lipinski definition) is 32. The van der Waals surface area contributed by atoms with Crippen LogP contribution in [-0.2, 0) is 138 Å². The highest BCUT2D eigenvalue weighted by Gasteiger charge is 2.20. The number of sulfonamides is 2. The monoisotopic (exact) mass is 2020 g/mol. The van der Waals surface area contributed by atoms with Crippen molar-refractivity contribution in [3.63, 3.8) is 0 Å². The van der Waals surface area contributed by atoms with Gasteiger partial charge in [-0.2, -0.15) is 10.2 Å². The highest BCUT2D eigenvalue weighted by Crippen LogP contribution is 2.40. The molecule has 8 amide bonds. The summed E-state index contributed by atoms with van der Waals surface area (Å²) >= 11 is 0. The number of Topliss-reactive ketones (excluding diaryl/α,β-unsaturated/α-hetero) is 2. The first-order valence-corrected chi connectivity index (χ1v) is 59.3. The van der Waals surface area contributed by atoms with Gasteiger partial charge in [0.05, 0.1) is 45.9 Å². The first kappa shape index (κ1) is 147. The number of sulfone groups is 4. The lowest BCUT2D eigenvalue weighted by atomic mass is 10.1. The Morgan fingerprint density at radius 3 is 0.945 bits per heavy atom. The standard InChI is InChI=1S/C7H13NO2.C7H14O3S.C6H11N3.C6H13NO3S.C6H13NO2S.C6H11NO2.C6H12O3S.C5H9N3.C5H11NO3S.C5H11NO2S.C5H13O2P.C5H12O2S.C4H11O2P.C4H10O2S/c1-5(2)4-7(10)8-6(3)9;1-6(2)4-11(9,10)5-7(3)8;1-5(2)3-6-4-7-9-8-6;1-5(2)4-6(8)7-11(3,9)10;1-5(2)4-6(8)7-10(3)9;1-4(2)6(9)7-5(3)8;1-5(2)10(8,9)4-6(3)7;1-4(2)5-3-6-8-7-5;1-4(2)5(7)6-10(3,8)9;1-4(2)5(7)6-9(3)8;2*1-5(2)4-8(3,6)7;2*1-4(2)7(3,5)6/h5H,4H2,1-3H3,(H,8,9,10);6H,4-5H2,1-3H3;5H,3-4H2,1-2H3;5H,4H2,1-3H3,(H,7,8);5H,4H2,1-3H3,(H,7,8);4H,1-3H3,(H,7,8,9);5H,4H2,1-3H3;4H,3H2,1-2H3;4H,1-3H3,(H,6,7);4H,1-3H3,(H,6,7);5H,4H2,1-3H3,(H,6,7);5H,4H2,1-3H3;4H,1-3H3,(H,5,6);4H,1-3H3. The molecule has 127 heavy (non-hydrogen) atoms. The molecule has 758 valence electrons. The molecule has 2 aliphatic heterocycles. The van der Waals surface area contributed by atoms with Crippen molar-refractivity contribution in [1.29, 1.82) is 0 Å². The molecular weight excluding hydrogens is 1860 g/mol. The van der Waals surface area contributed by atoms with E-state index in [0.717, 1.165) is 36.9 Å². The van der Waals surface area contributed by atoms with Gasteiger partial charge in [-0.15, -0.1) is 10.2 Å². The van der Waals surface area contributed by atoms with Crippen molar-refractivity contribution in [2.45, 2.75) is 263 Å². The van der Waals surface area contributed by atoms with E-state index in [2.05, 4.69) is 78.7 Å². The SMILES string of the molecule is CC(=O)CS(=O)(=O)C(C)C.CC(=O)CS(=O)(=O)CC(C)C.CC(=O)NC(=O)C(C)C.CC(=O)NC(=O)CC(C)C.CC(C)C(=O)NS(C)(=O)=O.CC(C)C(=O)NS(C)=O.CC(C)C1=NN=NC1.CC(C)CC(=O)NS(C)(=O)=O.CC(C)CC(=O)NS(C)=O.CC(C)CC1=NN=NC1.CC(C)CP(C)(=O)O.CC(C)CS(C)(=O)=O.CC(C)P(C)(=O)O.CC(C)S(C)(=O)=O. The summed E-state index contributed by atoms with van der Waals surface area (Å²) < 4.78 is 177. The van der Waals surface area contributed by atoms with Gasteiger partial charge in [-0.25, -0.2) is 58.9 Å². The molecule has 4 unspecified atom stereocenters. The van der Waals surface area contributed by atoms with Crippen molar-refractivity contribution in [3.8, 4) is 0 Å². The number of imide groups is 2. The lowest BCUT2D eigenvalue weighted by Crippen LogP contribution is -2.32. The van der Waals surface area contributed by atoms with E-state index in [9.17, 15) is 116 Å². The van der Waals surface area contributed by atoms with Crippen LogP contribution in [0, 0.1) is 65.1 Å². The zero-order valence-corrected chi connectivity index (χ0v) is 91.5. The molecular formula is C77H164N12O28P2S8. The van der Waals surface area contributed by atoms with Gasteiger partial charge in [0, 0.05) is 101 Å². The maximum Gasteiger partial charge on any atom is 0.235 e. The molecule has 0 radical (unpaired) electrons. The Morgan fingerprint density at radius 1 is 0.425 bits per heavy atom. The molecule has 40 nitrogen and oxygen atoms in total. The largest absolute Gasteiger partial charge is 0.344 e. The van der Waals surface area contributed by atoms with E-state index in [1.165, 1.54) is 66.0 Å². The Hall–Kier alpha value is -5.58. The number of carbonyl (C=O) groups is 10. The molecule has 2 aliphatic rings. The number of hydrogen-bond donors (Lipinski definition) is 8. The zero-order chi connectivity index (χ0) is 104. The quantitative estimate of drug-likeness (QED) is 0.0323. The van der Waals surface area contributed by atoms with Crippen LogP contribution in [0.1, 0.15) is 247 Å². The molecule has 2 heterocycles. The smallest absolute Gasteiger partial charge is 0.235 e. The van der Waals surface area contributed by atoms with Gasteiger partial charge in [0.2, 0.25) is 67.3 Å². The third-order valence-corrected chi connectivity index (χ3v) is 25.4. The lowest BCUT2D eigenvalue weighted by molar-refractivity contribution is -0.132. The Morgan fingerprint density at radius 2 is 0.772 bits per heavy atom. The summed E-state index contributed by atoms with van der Waals surface area (Å²) in [5.74, 6) is -0.884. The zero-order valence-electron chi connectivity index (χ0n) is 83.2. The highest BCUT2D eigenvalue weighted by atomic mass is 32.2. The number of ketones is 2. The summed E-state index contributed by atoms with van der Waals surface area (Å²) in [4.78, 5) is 123. The minimum atomic E-state index is -3.37. The van der Waals surface area contributed by atoms with E-state index in [1.807, 2.05) is 92.5 Å². The van der Waals surface area contributed by atoms with Crippen LogP contribution in [0.2, 0.25) is 0 Å². The van der Waals surface area contributed by atoms with E-state index in [0.29, 0.717) is 60.9 Å². The predicted molar refractivity (Wildman–Crippen MR) is 514 cm³/mol. The highest BCUT2D eigenvalue weighted by molar-refractivity contribution is 7.93. The van der Waals surface area contributed by atoms with Crippen molar-refractivity contribution in [2.75, 3.05) is 93.1 Å². The van der Waals surface area contributed by atoms with Crippen LogP contribution >= 0.6 is 14.7 Å². The van der Waals surface area contributed by atoms with Crippen molar-refractivity contribution >= 4 is 166 Å². The van der Waals surface area contributed by atoms with E-state index in [4.69, 9.17) is 9.79 Å². The average Bonchev–Trinajstić information content (AvgIpc) is 1.55. The number of rotatable bonds is 29. The fourth-order valence-electron chi connectivity index (χ4n) is 6.64. The van der Waals surface area contributed by atoms with Crippen molar-refractivity contribution in [1.82, 2.24) is 29.5 Å². The third-order valence-electron chi connectivity index (χ3n) is 12.6. The molecule has 50 heteroatoms. The number of carbonyl (C=O) groups excluding carboxylic acids is 10. The maximum absolute atomic E-state index is 11.0. The van der Waals surface area contributed by atoms with Crippen molar-refractivity contribution < 1.29 is 126 Å². The second-order valence-electron chi connectivity index (χ2n) is 34.4. The fraction of sp³-hybridized carbons (Fsp3) is 0.844. The third kappa shape index (κ3) is 141. The van der Waals surface area contributed by atoms with Crippen molar-refractivity contribution in [2.24, 2.45) is 96.0 Å². The molecule has 8 N–H and O–H groups in total. The molecule has 0 saturated heterocycles. The van der Waals surface area contributed by atoms with Gasteiger partial charge in [-0.1, -0.05) is 166 Å². The van der Waals surface area contributed by atoms with Crippen LogP contribution in [0.15, 0.2) is 30.9 Å². The van der Waals surface area contributed by atoms with Gasteiger partial charge in [-0.3, -0.25) is 86.6 Å². The lowest BCUT2D eigenvalue weighted by Gasteiger charge is -2.06. The Kier molecular flexibility index (Phi) is 89.1. The topological polar surface area (TPSA) is 631 Å². The molecule has 0 aromatic heterocycles. The van der Waals surface area contributed by atoms with Crippen LogP contribution in [0.3, 0.4) is 0 Å². The van der Waals surface area contributed by atoms with Crippen LogP contribution in [0.25, 0.3) is 0 Å². The first-order chi connectivity index (χ1) is 56.3. The molecule has 0 aliphatic carbocycles. The molecule has 0 spiro atoms. The number of nitrogens with one attached hydrogen (secondary N) is 6. The Balaban J connectivity index is -0.000000112. The Bertz CT molecular complexity index is 4160. The van der Waals surface area contributed by atoms with Gasteiger partial charge in [0.1, 0.15) is 77.8 Å². The molecule has 0 aromatic rings. The number of nitrogens with zero attached hydrogens (tertiary/aromatic N) is 6. The van der Waals surface area contributed by atoms with E-state index in [1.54, 1.807) is 83.1 Å². The molecule has 0 bridgehead atoms.